The first kappa shape index (κ1) is 18.4. The van der Waals surface area contributed by atoms with Crippen LogP contribution in [0.1, 0.15) is 39.7 Å². The van der Waals surface area contributed by atoms with Crippen LogP contribution in [0.4, 0.5) is 5.69 Å². The summed E-state index contributed by atoms with van der Waals surface area (Å²) >= 11 is 1.58. The second kappa shape index (κ2) is 8.36. The van der Waals surface area contributed by atoms with Gasteiger partial charge in [-0.1, -0.05) is 43.7 Å². The fourth-order valence-electron chi connectivity index (χ4n) is 3.41. The summed E-state index contributed by atoms with van der Waals surface area (Å²) in [5.74, 6) is -0.0217. The summed E-state index contributed by atoms with van der Waals surface area (Å²) in [7, 11) is 0. The molecule has 0 bridgehead atoms. The molecule has 28 heavy (non-hydrogen) atoms. The smallest absolute Gasteiger partial charge is 0.266 e. The molecule has 0 aliphatic heterocycles. The highest BCUT2D eigenvalue weighted by molar-refractivity contribution is 7.21. The van der Waals surface area contributed by atoms with Crippen molar-refractivity contribution in [3.05, 3.63) is 94.6 Å². The van der Waals surface area contributed by atoms with E-state index < -0.39 is 0 Å². The Morgan fingerprint density at radius 3 is 2.43 bits per heavy atom. The third-order valence-corrected chi connectivity index (χ3v) is 5.99. The molecule has 0 fully saturated rings. The average Bonchev–Trinajstić information content (AvgIpc) is 3.09. The van der Waals surface area contributed by atoms with Crippen LogP contribution in [0.3, 0.4) is 0 Å². The lowest BCUT2D eigenvalue weighted by Gasteiger charge is -2.08. The van der Waals surface area contributed by atoms with E-state index in [-0.39, 0.29) is 5.91 Å². The van der Waals surface area contributed by atoms with Gasteiger partial charge in [0.15, 0.2) is 0 Å². The summed E-state index contributed by atoms with van der Waals surface area (Å²) in [5, 5.41) is 4.27. The highest BCUT2D eigenvalue weighted by Crippen LogP contribution is 2.32. The zero-order valence-electron chi connectivity index (χ0n) is 15.8. The van der Waals surface area contributed by atoms with Gasteiger partial charge in [0.05, 0.1) is 4.88 Å². The fourth-order valence-corrected chi connectivity index (χ4v) is 4.56. The predicted molar refractivity (Wildman–Crippen MR) is 117 cm³/mol. The Hall–Kier alpha value is -2.98. The minimum absolute atomic E-state index is 0.0217. The van der Waals surface area contributed by atoms with Gasteiger partial charge in [-0.25, -0.2) is 0 Å². The van der Waals surface area contributed by atoms with E-state index in [0.29, 0.717) is 0 Å². The molecule has 0 aliphatic carbocycles. The largest absolute Gasteiger partial charge is 0.321 e. The van der Waals surface area contributed by atoms with E-state index in [4.69, 9.17) is 0 Å². The third-order valence-electron chi connectivity index (χ3n) is 4.77. The number of carbonyl (C=O) groups is 1. The van der Waals surface area contributed by atoms with Crippen LogP contribution in [0, 0.1) is 0 Å². The number of aromatic nitrogens is 1. The molecule has 1 N–H and O–H groups in total. The van der Waals surface area contributed by atoms with Crippen LogP contribution < -0.4 is 5.32 Å². The van der Waals surface area contributed by atoms with Crippen molar-refractivity contribution in [2.24, 2.45) is 0 Å². The Morgan fingerprint density at radius 1 is 0.964 bits per heavy atom. The minimum Gasteiger partial charge on any atom is -0.321 e. The molecule has 0 saturated carbocycles. The summed E-state index contributed by atoms with van der Waals surface area (Å²) in [6.07, 6.45) is 6.40. The van der Waals surface area contributed by atoms with E-state index >= 15 is 0 Å². The predicted octanol–water partition coefficient (Wildman–Crippen LogP) is 6.09. The van der Waals surface area contributed by atoms with E-state index in [1.165, 1.54) is 21.2 Å². The molecule has 2 aromatic heterocycles. The first-order valence-corrected chi connectivity index (χ1v) is 10.4. The second-order valence-electron chi connectivity index (χ2n) is 6.84. The van der Waals surface area contributed by atoms with Gasteiger partial charge < -0.3 is 5.32 Å². The Labute approximate surface area is 169 Å². The molecule has 0 spiro atoms. The van der Waals surface area contributed by atoms with Crippen LogP contribution in [0.5, 0.6) is 0 Å². The molecule has 0 radical (unpaired) electrons. The zero-order valence-corrected chi connectivity index (χ0v) is 16.6. The quantitative estimate of drug-likeness (QED) is 0.435. The number of aryl methyl sites for hydroxylation is 1. The van der Waals surface area contributed by atoms with Gasteiger partial charge in [-0.05, 0) is 65.3 Å². The van der Waals surface area contributed by atoms with Crippen molar-refractivity contribution in [1.82, 2.24) is 4.98 Å². The third kappa shape index (κ3) is 3.97. The normalized spacial score (nSPS) is 10.9. The Kier molecular flexibility index (Phi) is 5.49. The number of fused-ring (bicyclic) bond motifs is 1. The number of hydrogen-bond donors (Lipinski definition) is 1. The molecule has 4 aromatic rings. The molecule has 4 rings (SSSR count). The maximum absolute atomic E-state index is 12.9. The summed E-state index contributed by atoms with van der Waals surface area (Å²) in [4.78, 5) is 17.8. The number of nitrogens with one attached hydrogen (secondary N) is 1. The number of carbonyl (C=O) groups excluding carboxylic acids is 1. The van der Waals surface area contributed by atoms with Crippen LogP contribution in [0.25, 0.3) is 10.1 Å². The molecular weight excluding hydrogens is 364 g/mol. The monoisotopic (exact) mass is 386 g/mol. The van der Waals surface area contributed by atoms with Crippen LogP contribution in [0.2, 0.25) is 0 Å². The van der Waals surface area contributed by atoms with Gasteiger partial charge in [-0.2, -0.15) is 0 Å². The van der Waals surface area contributed by atoms with Gasteiger partial charge >= 0.3 is 0 Å². The standard InChI is InChI=1S/C24H22N2OS/c1-2-5-21-20-6-3-4-7-22(20)28-23(21)24(27)26-19-10-8-17(9-11-19)16-18-12-14-25-15-13-18/h3-4,6-15H,2,5,16H2,1H3,(H,26,27). The van der Waals surface area contributed by atoms with Crippen LogP contribution in [0.15, 0.2) is 73.1 Å². The molecule has 0 atom stereocenters. The summed E-state index contributed by atoms with van der Waals surface area (Å²) in [5.41, 5.74) is 4.41. The van der Waals surface area contributed by atoms with Crippen molar-refractivity contribution >= 4 is 33.0 Å². The highest BCUT2D eigenvalue weighted by atomic mass is 32.1. The summed E-state index contributed by atoms with van der Waals surface area (Å²) < 4.78 is 1.17. The Morgan fingerprint density at radius 2 is 1.68 bits per heavy atom. The van der Waals surface area contributed by atoms with Gasteiger partial charge in [0, 0.05) is 22.8 Å². The number of thiophene rings is 1. The van der Waals surface area contributed by atoms with Crippen molar-refractivity contribution in [3.63, 3.8) is 0 Å². The van der Waals surface area contributed by atoms with Gasteiger partial charge in [0.25, 0.3) is 5.91 Å². The Bertz CT molecular complexity index is 1080. The summed E-state index contributed by atoms with van der Waals surface area (Å²) in [6, 6.07) is 20.4. The lowest BCUT2D eigenvalue weighted by molar-refractivity contribution is 0.103. The molecule has 140 valence electrons. The topological polar surface area (TPSA) is 42.0 Å². The number of anilines is 1. The number of benzene rings is 2. The number of pyridine rings is 1. The molecule has 2 aromatic carbocycles. The minimum atomic E-state index is -0.0217. The van der Waals surface area contributed by atoms with Crippen LogP contribution >= 0.6 is 11.3 Å². The number of nitrogens with zero attached hydrogens (tertiary/aromatic N) is 1. The molecule has 0 saturated heterocycles. The lowest BCUT2D eigenvalue weighted by Crippen LogP contribution is -2.12. The fraction of sp³-hybridized carbons (Fsp3) is 0.167. The first-order chi connectivity index (χ1) is 13.7. The molecule has 1 amide bonds. The van der Waals surface area contributed by atoms with Crippen molar-refractivity contribution in [2.45, 2.75) is 26.2 Å². The van der Waals surface area contributed by atoms with Crippen molar-refractivity contribution < 1.29 is 4.79 Å². The van der Waals surface area contributed by atoms with Crippen molar-refractivity contribution in [2.75, 3.05) is 5.32 Å². The molecule has 3 nitrogen and oxygen atoms in total. The lowest BCUT2D eigenvalue weighted by atomic mass is 10.0. The number of rotatable bonds is 6. The van der Waals surface area contributed by atoms with Gasteiger partial charge in [0.1, 0.15) is 0 Å². The maximum atomic E-state index is 12.9. The van der Waals surface area contributed by atoms with E-state index in [0.717, 1.165) is 35.4 Å². The van der Waals surface area contributed by atoms with Crippen molar-refractivity contribution in [1.29, 1.82) is 0 Å². The molecule has 0 aliphatic rings. The molecule has 4 heteroatoms. The van der Waals surface area contributed by atoms with Gasteiger partial charge in [-0.15, -0.1) is 11.3 Å². The van der Waals surface area contributed by atoms with E-state index in [9.17, 15) is 4.79 Å². The Balaban J connectivity index is 1.52. The van der Waals surface area contributed by atoms with E-state index in [1.807, 2.05) is 48.8 Å². The van der Waals surface area contributed by atoms with Crippen LogP contribution in [-0.2, 0) is 12.8 Å². The summed E-state index contributed by atoms with van der Waals surface area (Å²) in [6.45, 7) is 2.15. The van der Waals surface area contributed by atoms with Crippen molar-refractivity contribution in [3.8, 4) is 0 Å². The molecule has 2 heterocycles. The number of hydrogen-bond acceptors (Lipinski definition) is 3. The van der Waals surface area contributed by atoms with Crippen LogP contribution in [-0.4, -0.2) is 10.9 Å². The molecule has 0 unspecified atom stereocenters. The highest BCUT2D eigenvalue weighted by Gasteiger charge is 2.17. The van der Waals surface area contributed by atoms with E-state index in [1.54, 1.807) is 11.3 Å². The number of amides is 1. The average molecular weight is 387 g/mol. The van der Waals surface area contributed by atoms with E-state index in [2.05, 4.69) is 41.5 Å². The second-order valence-corrected chi connectivity index (χ2v) is 7.89. The maximum Gasteiger partial charge on any atom is 0.266 e. The SMILES string of the molecule is CCCc1c(C(=O)Nc2ccc(Cc3ccncc3)cc2)sc2ccccc12. The van der Waals surface area contributed by atoms with Gasteiger partial charge in [0.2, 0.25) is 0 Å². The zero-order chi connectivity index (χ0) is 19.3. The molecular formula is C24H22N2OS. The van der Waals surface area contributed by atoms with Gasteiger partial charge in [-0.3, -0.25) is 9.78 Å². The first-order valence-electron chi connectivity index (χ1n) is 9.54.